The molecular weight excluding hydrogens is 293 g/mol. The van der Waals surface area contributed by atoms with E-state index in [0.717, 1.165) is 3.57 Å². The van der Waals surface area contributed by atoms with E-state index in [0.29, 0.717) is 11.3 Å². The summed E-state index contributed by atoms with van der Waals surface area (Å²) in [5, 5.41) is 0. The van der Waals surface area contributed by atoms with Gasteiger partial charge in [0.15, 0.2) is 0 Å². The van der Waals surface area contributed by atoms with Gasteiger partial charge in [0.05, 0.1) is 11.3 Å². The van der Waals surface area contributed by atoms with Crippen LogP contribution in [0.25, 0.3) is 11.3 Å². The second kappa shape index (κ2) is 3.87. The van der Waals surface area contributed by atoms with Crippen molar-refractivity contribution < 1.29 is 0 Å². The highest BCUT2D eigenvalue weighted by Gasteiger charge is 2.03. The Hall–Kier alpha value is -1.24. The molecule has 0 amide bonds. The number of aromatic amines is 1. The Kier molecular flexibility index (Phi) is 2.58. The van der Waals surface area contributed by atoms with Gasteiger partial charge in [-0.1, -0.05) is 0 Å². The van der Waals surface area contributed by atoms with Crippen molar-refractivity contribution in [2.45, 2.75) is 0 Å². The molecule has 0 radical (unpaired) electrons. The summed E-state index contributed by atoms with van der Waals surface area (Å²) in [7, 11) is 0. The zero-order valence-corrected chi connectivity index (χ0v) is 9.22. The first kappa shape index (κ1) is 9.32. The van der Waals surface area contributed by atoms with Crippen LogP contribution in [0.15, 0.2) is 35.6 Å². The molecular formula is C9H6IN3O. The Morgan fingerprint density at radius 2 is 2.29 bits per heavy atom. The molecule has 0 saturated heterocycles. The summed E-state index contributed by atoms with van der Waals surface area (Å²) in [5.74, 6) is 0. The molecule has 0 aliphatic heterocycles. The molecule has 5 heteroatoms. The number of hydrogen-bond acceptors (Lipinski definition) is 3. The summed E-state index contributed by atoms with van der Waals surface area (Å²) >= 11 is 2.14. The molecule has 1 N–H and O–H groups in total. The van der Waals surface area contributed by atoms with Crippen molar-refractivity contribution in [2.75, 3.05) is 0 Å². The topological polar surface area (TPSA) is 58.6 Å². The average molecular weight is 299 g/mol. The molecule has 0 aliphatic rings. The molecule has 0 fully saturated rings. The molecule has 0 unspecified atom stereocenters. The quantitative estimate of drug-likeness (QED) is 0.811. The summed E-state index contributed by atoms with van der Waals surface area (Å²) in [6.07, 6.45) is 4.70. The Balaban J connectivity index is 2.63. The summed E-state index contributed by atoms with van der Waals surface area (Å²) in [6.45, 7) is 0. The van der Waals surface area contributed by atoms with E-state index in [1.54, 1.807) is 24.5 Å². The number of nitrogens with one attached hydrogen (secondary N) is 1. The fourth-order valence-electron chi connectivity index (χ4n) is 1.10. The lowest BCUT2D eigenvalue weighted by Crippen LogP contribution is -2.09. The zero-order valence-electron chi connectivity index (χ0n) is 7.07. The van der Waals surface area contributed by atoms with Crippen molar-refractivity contribution in [3.05, 3.63) is 44.8 Å². The van der Waals surface area contributed by atoms with Gasteiger partial charge in [-0.25, -0.2) is 9.97 Å². The van der Waals surface area contributed by atoms with Crippen LogP contribution in [-0.2, 0) is 0 Å². The van der Waals surface area contributed by atoms with E-state index >= 15 is 0 Å². The molecule has 0 aliphatic carbocycles. The van der Waals surface area contributed by atoms with Crippen LogP contribution >= 0.6 is 22.6 Å². The van der Waals surface area contributed by atoms with E-state index in [2.05, 4.69) is 37.5 Å². The van der Waals surface area contributed by atoms with Crippen LogP contribution in [0.1, 0.15) is 0 Å². The van der Waals surface area contributed by atoms with Crippen molar-refractivity contribution in [1.82, 2.24) is 15.0 Å². The van der Waals surface area contributed by atoms with Crippen molar-refractivity contribution in [2.24, 2.45) is 0 Å². The smallest absolute Gasteiger partial charge is 0.257 e. The van der Waals surface area contributed by atoms with Gasteiger partial charge < -0.3 is 4.98 Å². The van der Waals surface area contributed by atoms with Gasteiger partial charge in [-0.15, -0.1) is 0 Å². The first-order valence-electron chi connectivity index (χ1n) is 3.92. The van der Waals surface area contributed by atoms with Gasteiger partial charge in [-0.3, -0.25) is 4.79 Å². The monoisotopic (exact) mass is 299 g/mol. The summed E-state index contributed by atoms with van der Waals surface area (Å²) in [5.41, 5.74) is 1.07. The van der Waals surface area contributed by atoms with Gasteiger partial charge in [0.2, 0.25) is 0 Å². The number of rotatable bonds is 1. The Bertz CT molecular complexity index is 495. The lowest BCUT2D eigenvalue weighted by atomic mass is 10.2. The normalized spacial score (nSPS) is 10.1. The summed E-state index contributed by atoms with van der Waals surface area (Å²) in [4.78, 5) is 21.9. The van der Waals surface area contributed by atoms with E-state index < -0.39 is 0 Å². The Morgan fingerprint density at radius 1 is 1.43 bits per heavy atom. The molecule has 14 heavy (non-hydrogen) atoms. The maximum Gasteiger partial charge on any atom is 0.257 e. The standard InChI is InChI=1S/C9H6IN3O/c10-6-3-7(9(14)12-4-6)8-1-2-11-5-13-8/h1-5H,(H,12,14). The molecule has 70 valence electrons. The first-order valence-corrected chi connectivity index (χ1v) is 5.00. The summed E-state index contributed by atoms with van der Waals surface area (Å²) in [6, 6.07) is 3.50. The van der Waals surface area contributed by atoms with Crippen molar-refractivity contribution in [3.63, 3.8) is 0 Å². The third-order valence-electron chi connectivity index (χ3n) is 1.73. The van der Waals surface area contributed by atoms with Gasteiger partial charge in [0.25, 0.3) is 5.56 Å². The van der Waals surface area contributed by atoms with Crippen LogP contribution in [0.4, 0.5) is 0 Å². The number of aromatic nitrogens is 3. The molecule has 2 aromatic heterocycles. The Morgan fingerprint density at radius 3 is 3.00 bits per heavy atom. The maximum absolute atomic E-state index is 11.5. The second-order valence-electron chi connectivity index (χ2n) is 2.66. The predicted octanol–water partition coefficient (Wildman–Crippen LogP) is 1.44. The zero-order chi connectivity index (χ0) is 9.97. The van der Waals surface area contributed by atoms with Crippen LogP contribution in [-0.4, -0.2) is 15.0 Å². The SMILES string of the molecule is O=c1[nH]cc(I)cc1-c1ccncn1. The predicted molar refractivity (Wildman–Crippen MR) is 60.8 cm³/mol. The fourth-order valence-corrected chi connectivity index (χ4v) is 1.56. The molecule has 0 spiro atoms. The van der Waals surface area contributed by atoms with E-state index in [4.69, 9.17) is 0 Å². The van der Waals surface area contributed by atoms with Gasteiger partial charge >= 0.3 is 0 Å². The second-order valence-corrected chi connectivity index (χ2v) is 3.90. The van der Waals surface area contributed by atoms with Crippen LogP contribution in [0.5, 0.6) is 0 Å². The lowest BCUT2D eigenvalue weighted by Gasteiger charge is -1.98. The Labute approximate surface area is 93.6 Å². The molecule has 0 saturated carbocycles. The third-order valence-corrected chi connectivity index (χ3v) is 2.35. The molecule has 4 nitrogen and oxygen atoms in total. The minimum Gasteiger partial charge on any atom is -0.327 e. The molecule has 2 heterocycles. The summed E-state index contributed by atoms with van der Waals surface area (Å²) < 4.78 is 0.968. The van der Waals surface area contributed by atoms with E-state index in [-0.39, 0.29) is 5.56 Å². The van der Waals surface area contributed by atoms with Crippen LogP contribution < -0.4 is 5.56 Å². The number of nitrogens with zero attached hydrogens (tertiary/aromatic N) is 2. The number of pyridine rings is 1. The first-order chi connectivity index (χ1) is 6.77. The van der Waals surface area contributed by atoms with E-state index in [1.807, 2.05) is 0 Å². The molecule has 0 atom stereocenters. The van der Waals surface area contributed by atoms with Gasteiger partial charge in [0, 0.05) is 16.0 Å². The van der Waals surface area contributed by atoms with Crippen molar-refractivity contribution in [1.29, 1.82) is 0 Å². The highest BCUT2D eigenvalue weighted by molar-refractivity contribution is 14.1. The van der Waals surface area contributed by atoms with Crippen LogP contribution in [0.2, 0.25) is 0 Å². The number of H-pyrrole nitrogens is 1. The molecule has 2 aromatic rings. The number of halogens is 1. The molecule has 0 bridgehead atoms. The average Bonchev–Trinajstić information content (AvgIpc) is 2.23. The highest BCUT2D eigenvalue weighted by Crippen LogP contribution is 2.12. The molecule has 2 rings (SSSR count). The maximum atomic E-state index is 11.5. The van der Waals surface area contributed by atoms with Gasteiger partial charge in [0.1, 0.15) is 6.33 Å². The van der Waals surface area contributed by atoms with Gasteiger partial charge in [-0.05, 0) is 34.7 Å². The van der Waals surface area contributed by atoms with Crippen LogP contribution in [0, 0.1) is 3.57 Å². The molecule has 0 aromatic carbocycles. The fraction of sp³-hybridized carbons (Fsp3) is 0. The largest absolute Gasteiger partial charge is 0.327 e. The van der Waals surface area contributed by atoms with Crippen LogP contribution in [0.3, 0.4) is 0 Å². The third kappa shape index (κ3) is 1.82. The van der Waals surface area contributed by atoms with Crippen molar-refractivity contribution >= 4 is 22.6 Å². The highest BCUT2D eigenvalue weighted by atomic mass is 127. The minimum absolute atomic E-state index is 0.135. The minimum atomic E-state index is -0.135. The number of hydrogen-bond donors (Lipinski definition) is 1. The van der Waals surface area contributed by atoms with E-state index in [9.17, 15) is 4.79 Å². The van der Waals surface area contributed by atoms with Crippen molar-refractivity contribution in [3.8, 4) is 11.3 Å². The van der Waals surface area contributed by atoms with Gasteiger partial charge in [-0.2, -0.15) is 0 Å². The van der Waals surface area contributed by atoms with E-state index in [1.165, 1.54) is 6.33 Å². The lowest BCUT2D eigenvalue weighted by molar-refractivity contribution is 1.15.